The van der Waals surface area contributed by atoms with Crippen LogP contribution in [0.3, 0.4) is 0 Å². The molecule has 0 unspecified atom stereocenters. The van der Waals surface area contributed by atoms with E-state index in [1.54, 1.807) is 18.1 Å². The van der Waals surface area contributed by atoms with Gasteiger partial charge in [0.1, 0.15) is 12.1 Å². The third-order valence-corrected chi connectivity index (χ3v) is 13.8. The lowest BCUT2D eigenvalue weighted by atomic mass is 9.84. The van der Waals surface area contributed by atoms with Crippen molar-refractivity contribution in [1.82, 2.24) is 40.0 Å². The number of carbonyl (C=O) groups is 5. The van der Waals surface area contributed by atoms with E-state index in [-0.39, 0.29) is 43.2 Å². The number of esters is 1. The van der Waals surface area contributed by atoms with Gasteiger partial charge in [-0.25, -0.2) is 5.43 Å². The Morgan fingerprint density at radius 1 is 1.00 bits per heavy atom. The number of cyclic esters (lactones) is 1. The maximum absolute atomic E-state index is 14.6. The number of benzene rings is 2. The molecule has 6 bridgehead atoms. The lowest BCUT2D eigenvalue weighted by Gasteiger charge is -2.34. The van der Waals surface area contributed by atoms with Crippen molar-refractivity contribution in [2.24, 2.45) is 17.3 Å². The second-order valence-corrected chi connectivity index (χ2v) is 19.9. The number of aryl methyl sites for hydroxylation is 1. The Bertz CT molecular complexity index is 2660. The van der Waals surface area contributed by atoms with Crippen LogP contribution in [0.15, 0.2) is 78.8 Å². The summed E-state index contributed by atoms with van der Waals surface area (Å²) in [6.07, 6.45) is 7.45. The molecule has 8 rings (SSSR count). The molecule has 0 radical (unpaired) electrons. The maximum atomic E-state index is 14.6. The first kappa shape index (κ1) is 49.1. The summed E-state index contributed by atoms with van der Waals surface area (Å²) in [6.45, 7) is 15.3. The van der Waals surface area contributed by atoms with E-state index in [9.17, 15) is 24.0 Å². The van der Waals surface area contributed by atoms with Gasteiger partial charge in [-0.1, -0.05) is 63.9 Å². The summed E-state index contributed by atoms with van der Waals surface area (Å²) < 4.78 is 13.8. The number of amides is 4. The molecular weight excluding hydrogens is 873 g/mol. The van der Waals surface area contributed by atoms with Gasteiger partial charge >= 0.3 is 5.97 Å². The number of likely N-dealkylation sites (tertiary alicyclic amines) is 1. The minimum Gasteiger partial charge on any atom is -0.464 e. The lowest BCUT2D eigenvalue weighted by Crippen LogP contribution is -2.56. The van der Waals surface area contributed by atoms with Gasteiger partial charge in [-0.05, 0) is 91.0 Å². The summed E-state index contributed by atoms with van der Waals surface area (Å²) in [5.74, 6) is 3.14. The van der Waals surface area contributed by atoms with Crippen LogP contribution in [0.25, 0.3) is 33.3 Å². The van der Waals surface area contributed by atoms with Crippen LogP contribution >= 0.6 is 0 Å². The number of ether oxygens (including phenoxy) is 2. The largest absolute Gasteiger partial charge is 0.464 e. The average molecular weight is 939 g/mol. The molecule has 4 aliphatic rings. The number of fused-ring (bicyclic) bond motifs is 6. The summed E-state index contributed by atoms with van der Waals surface area (Å²) in [7, 11) is 1.62. The van der Waals surface area contributed by atoms with E-state index in [2.05, 4.69) is 94.2 Å². The minimum absolute atomic E-state index is 0.164. The molecule has 2 aromatic heterocycles. The van der Waals surface area contributed by atoms with Gasteiger partial charge in [0.25, 0.3) is 11.8 Å². The highest BCUT2D eigenvalue weighted by atomic mass is 16.5. The van der Waals surface area contributed by atoms with Gasteiger partial charge in [-0.15, -0.1) is 0 Å². The Morgan fingerprint density at radius 2 is 1.78 bits per heavy atom. The number of rotatable bonds is 8. The summed E-state index contributed by atoms with van der Waals surface area (Å²) in [5, 5.41) is 5.47. The Balaban J connectivity index is 1.07. The molecule has 4 amide bonds. The molecule has 0 spiro atoms. The molecular formula is C54H66N8O7. The standard InChI is InChI=1S/C54H66N8O7/c1-7-61-46-18-17-39-30-43(46)44(49(61)40-14-9-20-55-32-40)31-54(4,5)35-69-53(67)45-15-10-22-62(57-45)52(66)42(29-37-12-8-13-38(39)28-37)33-56-50(64)48(36(2)3)58(6)51(65)41-19-23-60(34-41)47(63)16-11-21-59-24-26-68-27-25-59/h8-9,12-14,17-18,20,28,30,32-33,36,41,45,48,57H,7,10,15,19,21-27,29,31,34-35H2,1-6H3,(H,56,64)/b42-33+/t41-,45-,48-/m0/s1. The van der Waals surface area contributed by atoms with Crippen molar-refractivity contribution in [3.8, 4) is 34.2 Å². The fraction of sp³-hybridized carbons (Fsp3) is 0.481. The number of nitrogens with one attached hydrogen (secondary N) is 2. The number of hydrazine groups is 1. The SMILES string of the molecule is CCn1c(-c2cccnc2)c2c3cc(ccc31)-c1cccc(c1)C/C(=C\NC(=O)[C@H](C(C)C)N(C)C(=O)[C@H]1CCN(C(=O)C#CCN3CCOCC3)C1)C(=O)N1CCC[C@H](N1)C(=O)OCC(C)(C)C2. The first-order chi connectivity index (χ1) is 33.2. The van der Waals surface area contributed by atoms with Crippen molar-refractivity contribution < 1.29 is 33.4 Å². The predicted molar refractivity (Wildman–Crippen MR) is 264 cm³/mol. The Labute approximate surface area is 405 Å². The summed E-state index contributed by atoms with van der Waals surface area (Å²) in [4.78, 5) is 79.4. The molecule has 69 heavy (non-hydrogen) atoms. The van der Waals surface area contributed by atoms with Crippen LogP contribution in [0.2, 0.25) is 0 Å². The highest BCUT2D eigenvalue weighted by Crippen LogP contribution is 2.40. The van der Waals surface area contributed by atoms with E-state index in [0.717, 1.165) is 64.0 Å². The summed E-state index contributed by atoms with van der Waals surface area (Å²) >= 11 is 0. The van der Waals surface area contributed by atoms with E-state index in [1.165, 1.54) is 16.1 Å². The second kappa shape index (κ2) is 21.5. The summed E-state index contributed by atoms with van der Waals surface area (Å²) in [5.41, 5.74) is 10.2. The number of likely N-dealkylation sites (N-methyl/N-ethyl adjacent to an activating group) is 1. The summed E-state index contributed by atoms with van der Waals surface area (Å²) in [6, 6.07) is 17.0. The number of aromatic nitrogens is 2. The van der Waals surface area contributed by atoms with E-state index < -0.39 is 35.3 Å². The van der Waals surface area contributed by atoms with Crippen molar-refractivity contribution >= 4 is 40.5 Å². The molecule has 2 aromatic carbocycles. The lowest BCUT2D eigenvalue weighted by molar-refractivity contribution is -0.154. The fourth-order valence-electron chi connectivity index (χ4n) is 10.2. The predicted octanol–water partition coefficient (Wildman–Crippen LogP) is 5.22. The minimum atomic E-state index is -0.873. The van der Waals surface area contributed by atoms with Gasteiger partial charge in [-0.3, -0.25) is 38.9 Å². The van der Waals surface area contributed by atoms with Gasteiger partial charge in [0.15, 0.2) is 0 Å². The van der Waals surface area contributed by atoms with Gasteiger partial charge in [-0.2, -0.15) is 0 Å². The van der Waals surface area contributed by atoms with Gasteiger partial charge in [0.05, 0.1) is 38.0 Å². The first-order valence-electron chi connectivity index (χ1n) is 24.4. The quantitative estimate of drug-likeness (QED) is 0.136. The molecule has 0 saturated carbocycles. The van der Waals surface area contributed by atoms with E-state index in [4.69, 9.17) is 9.47 Å². The smallest absolute Gasteiger partial charge is 0.324 e. The van der Waals surface area contributed by atoms with Crippen LogP contribution in [-0.4, -0.2) is 137 Å². The molecule has 4 aromatic rings. The number of hydrogen-bond donors (Lipinski definition) is 2. The zero-order valence-corrected chi connectivity index (χ0v) is 40.9. The van der Waals surface area contributed by atoms with Gasteiger partial charge in [0.2, 0.25) is 11.8 Å². The van der Waals surface area contributed by atoms with Crippen molar-refractivity contribution in [3.05, 3.63) is 89.9 Å². The highest BCUT2D eigenvalue weighted by molar-refractivity contribution is 5.97. The Kier molecular flexibility index (Phi) is 15.3. The van der Waals surface area contributed by atoms with E-state index >= 15 is 0 Å². The normalized spacial score (nSPS) is 21.1. The Hall–Kier alpha value is -6.34. The van der Waals surface area contributed by atoms with Crippen molar-refractivity contribution in [3.63, 3.8) is 0 Å². The average Bonchev–Trinajstić information content (AvgIpc) is 3.97. The molecule has 15 nitrogen and oxygen atoms in total. The van der Waals surface area contributed by atoms with Crippen molar-refractivity contribution in [2.75, 3.05) is 66.1 Å². The van der Waals surface area contributed by atoms with Crippen LogP contribution in [-0.2, 0) is 52.8 Å². The molecule has 4 aliphatic heterocycles. The third kappa shape index (κ3) is 11.3. The molecule has 364 valence electrons. The van der Waals surface area contributed by atoms with Crippen molar-refractivity contribution in [1.29, 1.82) is 0 Å². The number of nitrogens with zero attached hydrogens (tertiary/aromatic N) is 6. The first-order valence-corrected chi connectivity index (χ1v) is 24.4. The molecule has 15 heteroatoms. The zero-order valence-electron chi connectivity index (χ0n) is 40.9. The Morgan fingerprint density at radius 3 is 2.54 bits per heavy atom. The number of pyridine rings is 1. The highest BCUT2D eigenvalue weighted by Gasteiger charge is 2.38. The monoisotopic (exact) mass is 939 g/mol. The fourth-order valence-corrected chi connectivity index (χ4v) is 10.2. The molecule has 0 aliphatic carbocycles. The van der Waals surface area contributed by atoms with E-state index in [0.29, 0.717) is 64.1 Å². The van der Waals surface area contributed by atoms with Crippen LogP contribution < -0.4 is 10.7 Å². The molecule has 3 saturated heterocycles. The van der Waals surface area contributed by atoms with Crippen LogP contribution in [0.4, 0.5) is 0 Å². The van der Waals surface area contributed by atoms with Gasteiger partial charge < -0.3 is 29.2 Å². The topological polar surface area (TPSA) is 159 Å². The van der Waals surface area contributed by atoms with Crippen LogP contribution in [0.1, 0.15) is 65.0 Å². The zero-order chi connectivity index (χ0) is 48.8. The maximum Gasteiger partial charge on any atom is 0.324 e. The second-order valence-electron chi connectivity index (χ2n) is 19.9. The molecule has 3 fully saturated rings. The van der Waals surface area contributed by atoms with Crippen LogP contribution in [0.5, 0.6) is 0 Å². The third-order valence-electron chi connectivity index (χ3n) is 13.8. The molecule has 2 N–H and O–H groups in total. The van der Waals surface area contributed by atoms with Crippen LogP contribution in [0, 0.1) is 29.1 Å². The van der Waals surface area contributed by atoms with Gasteiger partial charge in [0, 0.05) is 98.8 Å². The number of hydrogen-bond acceptors (Lipinski definition) is 10. The van der Waals surface area contributed by atoms with Crippen molar-refractivity contribution in [2.45, 2.75) is 85.4 Å². The number of carbonyl (C=O) groups excluding carboxylic acids is 5. The number of morpholine rings is 1. The molecule has 6 heterocycles. The molecule has 3 atom stereocenters. The van der Waals surface area contributed by atoms with E-state index in [1.807, 2.05) is 38.2 Å².